The molecule has 39 heavy (non-hydrogen) atoms. The van der Waals surface area contributed by atoms with Gasteiger partial charge in [0.15, 0.2) is 17.3 Å². The number of carbonyl (C=O) groups is 1. The number of hydrogen-bond acceptors (Lipinski definition) is 8. The predicted octanol–water partition coefficient (Wildman–Crippen LogP) is 6.83. The van der Waals surface area contributed by atoms with E-state index >= 15 is 0 Å². The van der Waals surface area contributed by atoms with Gasteiger partial charge in [-0.05, 0) is 58.7 Å². The molecule has 1 aliphatic heterocycles. The molecule has 1 aliphatic carbocycles. The van der Waals surface area contributed by atoms with Gasteiger partial charge in [0.05, 0.1) is 16.8 Å². The lowest BCUT2D eigenvalue weighted by molar-refractivity contribution is 0.0578. The molecule has 0 spiro atoms. The second kappa shape index (κ2) is 10.7. The van der Waals surface area contributed by atoms with E-state index in [1.165, 1.54) is 11.3 Å². The summed E-state index contributed by atoms with van der Waals surface area (Å²) in [5.41, 5.74) is 0.0233. The maximum atomic E-state index is 14.9. The largest absolute Gasteiger partial charge is 0.443 e. The molecule has 1 fully saturated rings. The molecule has 1 unspecified atom stereocenters. The molecule has 12 heteroatoms. The molecule has 0 bridgehead atoms. The third-order valence-corrected chi connectivity index (χ3v) is 7.48. The fraction of sp³-hybridized carbons (Fsp3) is 0.519. The van der Waals surface area contributed by atoms with Gasteiger partial charge in [0.25, 0.3) is 5.89 Å². The number of hydrogen-bond donors (Lipinski definition) is 0. The van der Waals surface area contributed by atoms with Crippen molar-refractivity contribution in [2.75, 3.05) is 22.9 Å². The van der Waals surface area contributed by atoms with E-state index in [4.69, 9.17) is 20.9 Å². The van der Waals surface area contributed by atoms with Crippen molar-refractivity contribution in [1.29, 1.82) is 0 Å². The maximum Gasteiger partial charge on any atom is 0.416 e. The molecule has 9 nitrogen and oxygen atoms in total. The molecular formula is C27H31ClF2N6O3. The Kier molecular flexibility index (Phi) is 7.45. The first-order chi connectivity index (χ1) is 18.5. The maximum absolute atomic E-state index is 14.9. The summed E-state index contributed by atoms with van der Waals surface area (Å²) >= 11 is 6.21. The van der Waals surface area contributed by atoms with Crippen LogP contribution in [0.15, 0.2) is 22.7 Å². The molecule has 1 amide bonds. The zero-order valence-corrected chi connectivity index (χ0v) is 23.1. The molecule has 0 radical (unpaired) electrons. The van der Waals surface area contributed by atoms with Crippen molar-refractivity contribution in [3.63, 3.8) is 0 Å². The molecule has 5 rings (SSSR count). The number of carbonyl (C=O) groups excluding carboxylic acids is 1. The van der Waals surface area contributed by atoms with Crippen LogP contribution in [-0.2, 0) is 4.74 Å². The first-order valence-corrected chi connectivity index (χ1v) is 13.5. The van der Waals surface area contributed by atoms with Crippen molar-refractivity contribution in [2.45, 2.75) is 77.4 Å². The van der Waals surface area contributed by atoms with Gasteiger partial charge >= 0.3 is 6.09 Å². The Balaban J connectivity index is 1.55. The summed E-state index contributed by atoms with van der Waals surface area (Å²) in [6.07, 6.45) is 4.87. The quantitative estimate of drug-likeness (QED) is 0.320. The van der Waals surface area contributed by atoms with Crippen molar-refractivity contribution < 1.29 is 22.8 Å². The van der Waals surface area contributed by atoms with E-state index in [1.807, 2.05) is 0 Å². The van der Waals surface area contributed by atoms with Gasteiger partial charge in [-0.1, -0.05) is 36.0 Å². The number of amides is 1. The standard InChI is InChI=1S/C27H31ClF2N6O3/c1-15(21-17(29)10-11-18(30)22(21)28)35-12-13-36(26(37)38-27(2,3)4)24-20(35)14-19(32-33-24)25-31-23(34-39-25)16-8-6-5-7-9-16/h10-11,14-16H,5-9,12-13H2,1-4H3. The van der Waals surface area contributed by atoms with Gasteiger partial charge in [-0.25, -0.2) is 13.6 Å². The second-order valence-corrected chi connectivity index (χ2v) is 11.4. The van der Waals surface area contributed by atoms with E-state index < -0.39 is 29.4 Å². The minimum atomic E-state index is -0.730. The number of fused-ring (bicyclic) bond motifs is 1. The van der Waals surface area contributed by atoms with Gasteiger partial charge in [0.2, 0.25) is 0 Å². The van der Waals surface area contributed by atoms with Crippen LogP contribution in [0.2, 0.25) is 5.02 Å². The summed E-state index contributed by atoms with van der Waals surface area (Å²) in [6.45, 7) is 7.47. The monoisotopic (exact) mass is 560 g/mol. The number of ether oxygens (including phenoxy) is 1. The summed E-state index contributed by atoms with van der Waals surface area (Å²) < 4.78 is 40.3. The van der Waals surface area contributed by atoms with Crippen molar-refractivity contribution in [2.24, 2.45) is 0 Å². The molecular weight excluding hydrogens is 530 g/mol. The molecule has 1 aromatic carbocycles. The molecule has 208 valence electrons. The van der Waals surface area contributed by atoms with E-state index in [0.717, 1.165) is 37.8 Å². The smallest absolute Gasteiger partial charge is 0.416 e. The van der Waals surface area contributed by atoms with Gasteiger partial charge in [-0.2, -0.15) is 4.98 Å². The predicted molar refractivity (Wildman–Crippen MR) is 142 cm³/mol. The average Bonchev–Trinajstić information content (AvgIpc) is 3.40. The molecule has 3 heterocycles. The lowest BCUT2D eigenvalue weighted by Crippen LogP contribution is -2.47. The van der Waals surface area contributed by atoms with Crippen LogP contribution in [0.3, 0.4) is 0 Å². The van der Waals surface area contributed by atoms with E-state index in [9.17, 15) is 13.6 Å². The second-order valence-electron chi connectivity index (χ2n) is 11.0. The Hall–Kier alpha value is -3.34. The molecule has 0 saturated heterocycles. The highest BCUT2D eigenvalue weighted by Crippen LogP contribution is 2.41. The lowest BCUT2D eigenvalue weighted by atomic mass is 9.89. The Morgan fingerprint density at radius 3 is 2.56 bits per heavy atom. The normalized spacial score (nSPS) is 17.2. The van der Waals surface area contributed by atoms with Crippen LogP contribution in [-0.4, -0.2) is 45.1 Å². The van der Waals surface area contributed by atoms with Crippen LogP contribution >= 0.6 is 11.6 Å². The van der Waals surface area contributed by atoms with Crippen LogP contribution in [0.25, 0.3) is 11.6 Å². The summed E-state index contributed by atoms with van der Waals surface area (Å²) in [5.74, 6) is -0.0742. The third-order valence-electron chi connectivity index (χ3n) is 7.09. The Morgan fingerprint density at radius 1 is 1.13 bits per heavy atom. The highest BCUT2D eigenvalue weighted by Gasteiger charge is 2.36. The number of benzene rings is 1. The number of halogens is 3. The fourth-order valence-electron chi connectivity index (χ4n) is 5.16. The van der Waals surface area contributed by atoms with Gasteiger partial charge in [0.1, 0.15) is 17.2 Å². The van der Waals surface area contributed by atoms with Crippen LogP contribution in [0, 0.1) is 11.6 Å². The van der Waals surface area contributed by atoms with Gasteiger partial charge < -0.3 is 14.2 Å². The van der Waals surface area contributed by atoms with Gasteiger partial charge in [0, 0.05) is 24.6 Å². The Labute approximate surface area is 230 Å². The molecule has 1 atom stereocenters. The summed E-state index contributed by atoms with van der Waals surface area (Å²) in [6, 6.07) is 3.00. The summed E-state index contributed by atoms with van der Waals surface area (Å²) in [5, 5.41) is 12.5. The Morgan fingerprint density at radius 2 is 1.85 bits per heavy atom. The molecule has 0 N–H and O–H groups in total. The van der Waals surface area contributed by atoms with E-state index in [-0.39, 0.29) is 41.3 Å². The van der Waals surface area contributed by atoms with E-state index in [1.54, 1.807) is 38.7 Å². The first kappa shape index (κ1) is 27.2. The highest BCUT2D eigenvalue weighted by atomic mass is 35.5. The summed E-state index contributed by atoms with van der Waals surface area (Å²) in [7, 11) is 0. The van der Waals surface area contributed by atoms with Crippen LogP contribution in [0.5, 0.6) is 0 Å². The third kappa shape index (κ3) is 5.54. The number of rotatable bonds is 4. The van der Waals surface area contributed by atoms with Crippen molar-refractivity contribution in [1.82, 2.24) is 20.3 Å². The van der Waals surface area contributed by atoms with Crippen molar-refractivity contribution in [3.05, 3.63) is 46.2 Å². The number of aromatic nitrogens is 4. The zero-order chi connectivity index (χ0) is 27.9. The minimum Gasteiger partial charge on any atom is -0.443 e. The van der Waals surface area contributed by atoms with Crippen molar-refractivity contribution >= 4 is 29.2 Å². The van der Waals surface area contributed by atoms with Crippen LogP contribution in [0.4, 0.5) is 25.1 Å². The number of anilines is 2. The molecule has 2 aromatic heterocycles. The van der Waals surface area contributed by atoms with Gasteiger partial charge in [-0.15, -0.1) is 10.2 Å². The van der Waals surface area contributed by atoms with Crippen LogP contribution < -0.4 is 9.80 Å². The fourth-order valence-corrected chi connectivity index (χ4v) is 5.47. The Bertz CT molecular complexity index is 1370. The SMILES string of the molecule is CC(c1c(F)ccc(F)c1Cl)N1CCN(C(=O)OC(C)(C)C)c2nnc(-c3nc(C4CCCCC4)no3)cc21. The highest BCUT2D eigenvalue weighted by molar-refractivity contribution is 6.31. The molecule has 2 aliphatic rings. The minimum absolute atomic E-state index is 0.00377. The zero-order valence-electron chi connectivity index (χ0n) is 22.4. The van der Waals surface area contributed by atoms with E-state index in [2.05, 4.69) is 20.3 Å². The van der Waals surface area contributed by atoms with Crippen molar-refractivity contribution in [3.8, 4) is 11.6 Å². The topological polar surface area (TPSA) is 97.5 Å². The molecule has 3 aromatic rings. The molecule has 1 saturated carbocycles. The van der Waals surface area contributed by atoms with Crippen LogP contribution in [0.1, 0.15) is 83.1 Å². The van der Waals surface area contributed by atoms with Gasteiger partial charge in [-0.3, -0.25) is 4.90 Å². The van der Waals surface area contributed by atoms with E-state index in [0.29, 0.717) is 17.2 Å². The lowest BCUT2D eigenvalue weighted by Gasteiger charge is -2.40. The first-order valence-electron chi connectivity index (χ1n) is 13.2. The number of nitrogens with zero attached hydrogens (tertiary/aromatic N) is 6. The summed E-state index contributed by atoms with van der Waals surface area (Å²) in [4.78, 5) is 20.8. The average molecular weight is 561 g/mol.